The summed E-state index contributed by atoms with van der Waals surface area (Å²) in [6.07, 6.45) is 2.24. The third kappa shape index (κ3) is 5.63. The van der Waals surface area contributed by atoms with Crippen LogP contribution >= 0.6 is 11.8 Å². The van der Waals surface area contributed by atoms with Gasteiger partial charge in [0.2, 0.25) is 0 Å². The van der Waals surface area contributed by atoms with Crippen molar-refractivity contribution in [2.24, 2.45) is 0 Å². The van der Waals surface area contributed by atoms with Crippen LogP contribution in [0.5, 0.6) is 0 Å². The molecule has 0 radical (unpaired) electrons. The summed E-state index contributed by atoms with van der Waals surface area (Å²) in [4.78, 5) is 22.6. The van der Waals surface area contributed by atoms with Gasteiger partial charge in [-0.1, -0.05) is 18.2 Å². The minimum absolute atomic E-state index is 0. The zero-order valence-electron chi connectivity index (χ0n) is 10.5. The number of carbonyl (C=O) groups excluding carboxylic acids is 2. The maximum atomic E-state index is 11.7. The van der Waals surface area contributed by atoms with E-state index in [1.165, 1.54) is 11.8 Å². The van der Waals surface area contributed by atoms with Crippen LogP contribution in [0.2, 0.25) is 0 Å². The van der Waals surface area contributed by atoms with Gasteiger partial charge in [0.1, 0.15) is 0 Å². The molecule has 1 aromatic rings. The van der Waals surface area contributed by atoms with Gasteiger partial charge in [-0.25, -0.2) is 0 Å². The summed E-state index contributed by atoms with van der Waals surface area (Å²) < 4.78 is 0. The molecule has 1 N–H and O–H groups in total. The van der Waals surface area contributed by atoms with Crippen molar-refractivity contribution >= 4 is 23.6 Å². The second-order valence-electron chi connectivity index (χ2n) is 3.49. The average molecular weight is 259 g/mol. The molecule has 0 saturated heterocycles. The molecule has 1 amide bonds. The minimum Gasteiger partial charge on any atom is -0.548 e. The Labute approximate surface area is 123 Å². The number of hydrogen-bond donors (Lipinski definition) is 1. The van der Waals surface area contributed by atoms with E-state index in [2.05, 4.69) is 5.32 Å². The Kier molecular flexibility index (Phi) is 8.64. The van der Waals surface area contributed by atoms with E-state index >= 15 is 0 Å². The molecule has 0 spiro atoms. The van der Waals surface area contributed by atoms with Crippen LogP contribution in [0.25, 0.3) is 0 Å². The normalized spacial score (nSPS) is 11.2. The van der Waals surface area contributed by atoms with Crippen molar-refractivity contribution in [2.45, 2.75) is 12.5 Å². The van der Waals surface area contributed by atoms with Gasteiger partial charge in [0, 0.05) is 5.56 Å². The molecule has 0 aliphatic heterocycles. The standard InChI is InChI=1S/C12H15NO3S.Li/c1-17-8-7-10(12(15)16)13-11(14)9-5-3-2-4-6-9;/h2-6,10H,7-8H2,1H3,(H,13,14)(H,15,16);/q;+1/p-1/t10-;/m0./s1. The number of rotatable bonds is 6. The zero-order chi connectivity index (χ0) is 12.7. The Balaban J connectivity index is 0.00000289. The summed E-state index contributed by atoms with van der Waals surface area (Å²) in [7, 11) is 0. The van der Waals surface area contributed by atoms with Crippen molar-refractivity contribution in [1.29, 1.82) is 0 Å². The topological polar surface area (TPSA) is 69.2 Å². The van der Waals surface area contributed by atoms with Crippen LogP contribution in [0.3, 0.4) is 0 Å². The number of nitrogens with one attached hydrogen (secondary N) is 1. The van der Waals surface area contributed by atoms with Gasteiger partial charge >= 0.3 is 18.9 Å². The molecule has 0 aromatic heterocycles. The van der Waals surface area contributed by atoms with E-state index in [4.69, 9.17) is 0 Å². The Hall–Kier alpha value is -0.893. The Morgan fingerprint density at radius 1 is 1.33 bits per heavy atom. The number of benzene rings is 1. The first-order chi connectivity index (χ1) is 8.15. The fraction of sp³-hybridized carbons (Fsp3) is 0.333. The molecule has 0 fully saturated rings. The molecule has 0 heterocycles. The van der Waals surface area contributed by atoms with E-state index in [0.717, 1.165) is 0 Å². The van der Waals surface area contributed by atoms with Crippen LogP contribution < -0.4 is 29.3 Å². The molecular weight excluding hydrogens is 245 g/mol. The Morgan fingerprint density at radius 2 is 1.94 bits per heavy atom. The van der Waals surface area contributed by atoms with E-state index in [9.17, 15) is 14.7 Å². The van der Waals surface area contributed by atoms with E-state index in [0.29, 0.717) is 17.7 Å². The number of thioether (sulfide) groups is 1. The molecule has 1 atom stereocenters. The van der Waals surface area contributed by atoms with Crippen molar-refractivity contribution in [3.8, 4) is 0 Å². The number of carboxylic acid groups (broad SMARTS) is 1. The van der Waals surface area contributed by atoms with Crippen LogP contribution in [0.4, 0.5) is 0 Å². The first kappa shape index (κ1) is 17.1. The zero-order valence-corrected chi connectivity index (χ0v) is 11.3. The SMILES string of the molecule is CSCC[C@H](NC(=O)c1ccccc1)C(=O)[O-].[Li+]. The van der Waals surface area contributed by atoms with Gasteiger partial charge in [0.15, 0.2) is 0 Å². The molecule has 0 aliphatic carbocycles. The monoisotopic (exact) mass is 259 g/mol. The van der Waals surface area contributed by atoms with Crippen molar-refractivity contribution < 1.29 is 33.6 Å². The van der Waals surface area contributed by atoms with E-state index in [-0.39, 0.29) is 24.8 Å². The molecule has 4 nitrogen and oxygen atoms in total. The first-order valence-corrected chi connectivity index (χ1v) is 6.60. The molecular formula is C12H14LiNO3S. The maximum absolute atomic E-state index is 11.7. The maximum Gasteiger partial charge on any atom is 1.00 e. The van der Waals surface area contributed by atoms with Crippen molar-refractivity contribution in [2.75, 3.05) is 12.0 Å². The van der Waals surface area contributed by atoms with Crippen molar-refractivity contribution in [1.82, 2.24) is 5.32 Å². The van der Waals surface area contributed by atoms with Crippen LogP contribution in [0.1, 0.15) is 16.8 Å². The largest absolute Gasteiger partial charge is 1.00 e. The number of carboxylic acids is 1. The molecule has 18 heavy (non-hydrogen) atoms. The van der Waals surface area contributed by atoms with Gasteiger partial charge in [-0.15, -0.1) is 0 Å². The van der Waals surface area contributed by atoms with Crippen LogP contribution in [0.15, 0.2) is 30.3 Å². The molecule has 92 valence electrons. The fourth-order valence-electron chi connectivity index (χ4n) is 1.32. The molecule has 6 heteroatoms. The number of carbonyl (C=O) groups is 2. The second kappa shape index (κ2) is 9.09. The molecule has 0 saturated carbocycles. The van der Waals surface area contributed by atoms with Crippen LogP contribution in [-0.2, 0) is 4.79 Å². The van der Waals surface area contributed by atoms with Crippen molar-refractivity contribution in [3.05, 3.63) is 35.9 Å². The van der Waals surface area contributed by atoms with Gasteiger partial charge in [-0.05, 0) is 30.6 Å². The average Bonchev–Trinajstić information content (AvgIpc) is 2.35. The minimum atomic E-state index is -1.25. The third-order valence-electron chi connectivity index (χ3n) is 2.24. The molecule has 0 unspecified atom stereocenters. The van der Waals surface area contributed by atoms with Crippen molar-refractivity contribution in [3.63, 3.8) is 0 Å². The van der Waals surface area contributed by atoms with Gasteiger partial charge in [0.25, 0.3) is 5.91 Å². The molecule has 1 aromatic carbocycles. The van der Waals surface area contributed by atoms with Gasteiger partial charge in [-0.2, -0.15) is 11.8 Å². The fourth-order valence-corrected chi connectivity index (χ4v) is 1.79. The van der Waals surface area contributed by atoms with Gasteiger partial charge in [0.05, 0.1) is 12.0 Å². The number of hydrogen-bond acceptors (Lipinski definition) is 4. The smallest absolute Gasteiger partial charge is 0.548 e. The number of amides is 1. The predicted octanol–water partition coefficient (Wildman–Crippen LogP) is -2.71. The van der Waals surface area contributed by atoms with Crippen LogP contribution in [0, 0.1) is 0 Å². The second-order valence-corrected chi connectivity index (χ2v) is 4.48. The molecule has 0 aliphatic rings. The molecule has 1 rings (SSSR count). The summed E-state index contributed by atoms with van der Waals surface area (Å²) >= 11 is 1.53. The third-order valence-corrected chi connectivity index (χ3v) is 2.88. The summed E-state index contributed by atoms with van der Waals surface area (Å²) in [6.45, 7) is 0. The summed E-state index contributed by atoms with van der Waals surface area (Å²) in [6, 6.07) is 7.58. The van der Waals surface area contributed by atoms with E-state index in [1.807, 2.05) is 6.26 Å². The predicted molar refractivity (Wildman–Crippen MR) is 65.7 cm³/mol. The summed E-state index contributed by atoms with van der Waals surface area (Å²) in [5, 5.41) is 13.3. The first-order valence-electron chi connectivity index (χ1n) is 5.21. The van der Waals surface area contributed by atoms with E-state index in [1.54, 1.807) is 30.3 Å². The van der Waals surface area contributed by atoms with E-state index < -0.39 is 12.0 Å². The molecule has 0 bridgehead atoms. The quantitative estimate of drug-likeness (QED) is 0.564. The van der Waals surface area contributed by atoms with Crippen LogP contribution in [-0.4, -0.2) is 29.9 Å². The van der Waals surface area contributed by atoms with Gasteiger partial charge in [-0.3, -0.25) is 4.79 Å². The number of aliphatic carboxylic acids is 1. The van der Waals surface area contributed by atoms with Gasteiger partial charge < -0.3 is 15.2 Å². The summed E-state index contributed by atoms with van der Waals surface area (Å²) in [5.41, 5.74) is 0.447. The Bertz CT molecular complexity index is 386. The Morgan fingerprint density at radius 3 is 2.44 bits per heavy atom. The summed E-state index contributed by atoms with van der Waals surface area (Å²) in [5.74, 6) is -0.975.